The summed E-state index contributed by atoms with van der Waals surface area (Å²) in [6, 6.07) is 77.3. The van der Waals surface area contributed by atoms with Crippen LogP contribution in [0.2, 0.25) is 0 Å². The van der Waals surface area contributed by atoms with E-state index in [9.17, 15) is 0 Å². The van der Waals surface area contributed by atoms with Gasteiger partial charge in [0, 0.05) is 43.9 Å². The van der Waals surface area contributed by atoms with Gasteiger partial charge in [-0.15, -0.1) is 0 Å². The molecule has 10 aromatic carbocycles. The van der Waals surface area contributed by atoms with Crippen LogP contribution in [0.15, 0.2) is 217 Å². The van der Waals surface area contributed by atoms with Crippen LogP contribution >= 0.6 is 0 Å². The Morgan fingerprint density at radius 2 is 0.951 bits per heavy atom. The highest BCUT2D eigenvalue weighted by atomic mass is 16.3. The second-order valence-corrected chi connectivity index (χ2v) is 16.9. The topological polar surface area (TPSA) is 16.4 Å². The van der Waals surface area contributed by atoms with E-state index in [4.69, 9.17) is 4.42 Å². The van der Waals surface area contributed by atoms with Crippen molar-refractivity contribution in [3.05, 3.63) is 223 Å². The summed E-state index contributed by atoms with van der Waals surface area (Å²) in [7, 11) is 0. The van der Waals surface area contributed by atoms with Crippen molar-refractivity contribution in [1.29, 1.82) is 0 Å². The smallest absolute Gasteiger partial charge is 0.143 e. The first kappa shape index (κ1) is 35.3. The molecule has 1 heterocycles. The van der Waals surface area contributed by atoms with Gasteiger partial charge in [0.25, 0.3) is 0 Å². The highest BCUT2D eigenvalue weighted by molar-refractivity contribution is 6.22. The van der Waals surface area contributed by atoms with Crippen molar-refractivity contribution in [2.75, 3.05) is 4.90 Å². The molecule has 0 aliphatic heterocycles. The molecule has 0 amide bonds. The van der Waals surface area contributed by atoms with E-state index in [0.717, 1.165) is 72.0 Å². The molecule has 0 atom stereocenters. The summed E-state index contributed by atoms with van der Waals surface area (Å²) in [5.41, 5.74) is 17.2. The van der Waals surface area contributed by atoms with Crippen LogP contribution in [0.5, 0.6) is 0 Å². The van der Waals surface area contributed by atoms with Crippen molar-refractivity contribution in [2.45, 2.75) is 19.3 Å². The maximum atomic E-state index is 7.22. The normalized spacial score (nSPS) is 12.9. The van der Waals surface area contributed by atoms with Crippen LogP contribution in [0.3, 0.4) is 0 Å². The number of hydrogen-bond donors (Lipinski definition) is 0. The van der Waals surface area contributed by atoms with Gasteiger partial charge in [0.05, 0.1) is 5.69 Å². The zero-order valence-electron chi connectivity index (χ0n) is 34.1. The van der Waals surface area contributed by atoms with Gasteiger partial charge in [-0.25, -0.2) is 0 Å². The molecule has 0 bridgehead atoms. The number of anilines is 3. The Labute approximate surface area is 355 Å². The third-order valence-corrected chi connectivity index (χ3v) is 13.0. The monoisotopic (exact) mass is 779 g/mol. The Bertz CT molecular complexity index is 3490. The fourth-order valence-corrected chi connectivity index (χ4v) is 10.0. The summed E-state index contributed by atoms with van der Waals surface area (Å²) in [6.45, 7) is 4.71. The Hall–Kier alpha value is -7.68. The summed E-state index contributed by atoms with van der Waals surface area (Å²) in [4.78, 5) is 2.45. The maximum Gasteiger partial charge on any atom is 0.143 e. The third kappa shape index (κ3) is 5.56. The first-order valence-electron chi connectivity index (χ1n) is 21.2. The lowest BCUT2D eigenvalue weighted by Crippen LogP contribution is -2.16. The Morgan fingerprint density at radius 3 is 1.75 bits per heavy atom. The van der Waals surface area contributed by atoms with Crippen molar-refractivity contribution >= 4 is 60.5 Å². The molecule has 0 saturated heterocycles. The fraction of sp³-hybridized carbons (Fsp3) is 0.0508. The minimum Gasteiger partial charge on any atom is -0.455 e. The van der Waals surface area contributed by atoms with E-state index >= 15 is 0 Å². The molecule has 0 spiro atoms. The highest BCUT2D eigenvalue weighted by Crippen LogP contribution is 2.52. The van der Waals surface area contributed by atoms with Crippen molar-refractivity contribution in [2.24, 2.45) is 0 Å². The lowest BCUT2D eigenvalue weighted by molar-refractivity contribution is 0.660. The number of furan rings is 1. The molecule has 288 valence electrons. The van der Waals surface area contributed by atoms with Gasteiger partial charge >= 0.3 is 0 Å². The zero-order valence-corrected chi connectivity index (χ0v) is 34.1. The molecule has 2 nitrogen and oxygen atoms in total. The van der Waals surface area contributed by atoms with Crippen LogP contribution in [0.1, 0.15) is 25.0 Å². The summed E-state index contributed by atoms with van der Waals surface area (Å²) in [5, 5.41) is 6.83. The molecule has 0 saturated carbocycles. The van der Waals surface area contributed by atoms with E-state index in [1.165, 1.54) is 44.2 Å². The largest absolute Gasteiger partial charge is 0.455 e. The molecule has 61 heavy (non-hydrogen) atoms. The Balaban J connectivity index is 1.12. The molecular formula is C59H41NO. The van der Waals surface area contributed by atoms with Gasteiger partial charge in [0.1, 0.15) is 11.2 Å². The SMILES string of the molecule is CC1(C)c2ccccc2-c2ccc(N(c3ccc(-c4ccccc4)cc3)c3cc4c5ccc(-c6ccc7ccccc7c6)c(-c6ccccc6)c5oc4c4ccccc34)cc21. The number of fused-ring (bicyclic) bond motifs is 9. The van der Waals surface area contributed by atoms with Crippen LogP contribution in [-0.4, -0.2) is 0 Å². The first-order chi connectivity index (χ1) is 30.0. The van der Waals surface area contributed by atoms with Crippen molar-refractivity contribution < 1.29 is 4.42 Å². The second-order valence-electron chi connectivity index (χ2n) is 16.9. The molecule has 12 rings (SSSR count). The van der Waals surface area contributed by atoms with E-state index < -0.39 is 0 Å². The lowest BCUT2D eigenvalue weighted by atomic mass is 9.82. The minimum absolute atomic E-state index is 0.145. The number of nitrogens with zero attached hydrogens (tertiary/aromatic N) is 1. The predicted molar refractivity (Wildman–Crippen MR) is 257 cm³/mol. The van der Waals surface area contributed by atoms with Gasteiger partial charge in [-0.2, -0.15) is 0 Å². The molecule has 2 heteroatoms. The van der Waals surface area contributed by atoms with E-state index in [2.05, 4.69) is 231 Å². The van der Waals surface area contributed by atoms with Crippen LogP contribution in [0, 0.1) is 0 Å². The van der Waals surface area contributed by atoms with E-state index in [1.54, 1.807) is 0 Å². The standard InChI is InChI=1S/C59H41NO/c1-59(2)53-24-14-13-21-47(53)48-32-31-45(36-54(48)59)60(44-29-27-40(28-30-44)38-15-5-3-6-16-38)55-37-52-51-34-33-46(43-26-25-39-17-9-10-20-42(39)35-43)56(41-18-7-4-8-19-41)58(51)61-57(52)50-23-12-11-22-49(50)55/h3-37H,1-2H3. The average Bonchev–Trinajstić information content (AvgIpc) is 3.81. The highest BCUT2D eigenvalue weighted by Gasteiger charge is 2.36. The molecule has 11 aromatic rings. The molecule has 1 aromatic heterocycles. The summed E-state index contributed by atoms with van der Waals surface area (Å²) in [5.74, 6) is 0. The van der Waals surface area contributed by atoms with E-state index in [0.29, 0.717) is 0 Å². The zero-order chi connectivity index (χ0) is 40.7. The lowest BCUT2D eigenvalue weighted by Gasteiger charge is -2.29. The quantitative estimate of drug-likeness (QED) is 0.167. The molecule has 1 aliphatic carbocycles. The van der Waals surface area contributed by atoms with Gasteiger partial charge in [-0.3, -0.25) is 0 Å². The summed E-state index contributed by atoms with van der Waals surface area (Å²) < 4.78 is 7.22. The van der Waals surface area contributed by atoms with Gasteiger partial charge in [0.2, 0.25) is 0 Å². The maximum absolute atomic E-state index is 7.22. The number of hydrogen-bond acceptors (Lipinski definition) is 2. The summed E-state index contributed by atoms with van der Waals surface area (Å²) in [6.07, 6.45) is 0. The molecule has 0 fully saturated rings. The summed E-state index contributed by atoms with van der Waals surface area (Å²) >= 11 is 0. The van der Waals surface area contributed by atoms with Crippen LogP contribution in [0.4, 0.5) is 17.1 Å². The molecule has 0 unspecified atom stereocenters. The second kappa shape index (κ2) is 13.7. The van der Waals surface area contributed by atoms with Gasteiger partial charge in [-0.1, -0.05) is 184 Å². The van der Waals surface area contributed by atoms with Crippen LogP contribution in [-0.2, 0) is 5.41 Å². The predicted octanol–water partition coefficient (Wildman–Crippen LogP) is 16.7. The van der Waals surface area contributed by atoms with E-state index in [1.807, 2.05) is 0 Å². The fourth-order valence-electron chi connectivity index (χ4n) is 10.0. The molecule has 0 N–H and O–H groups in total. The molecule has 1 aliphatic rings. The number of rotatable bonds is 6. The molecular weight excluding hydrogens is 739 g/mol. The van der Waals surface area contributed by atoms with Gasteiger partial charge < -0.3 is 9.32 Å². The minimum atomic E-state index is -0.145. The van der Waals surface area contributed by atoms with Crippen LogP contribution in [0.25, 0.3) is 88.0 Å². The van der Waals surface area contributed by atoms with Crippen molar-refractivity contribution in [3.8, 4) is 44.5 Å². The van der Waals surface area contributed by atoms with Crippen LogP contribution < -0.4 is 4.90 Å². The first-order valence-corrected chi connectivity index (χ1v) is 21.2. The van der Waals surface area contributed by atoms with Gasteiger partial charge in [0.15, 0.2) is 0 Å². The molecule has 0 radical (unpaired) electrons. The Morgan fingerprint density at radius 1 is 0.361 bits per heavy atom. The number of benzene rings is 10. The third-order valence-electron chi connectivity index (χ3n) is 13.0. The van der Waals surface area contributed by atoms with Crippen molar-refractivity contribution in [3.63, 3.8) is 0 Å². The Kier molecular flexibility index (Phi) is 7.92. The van der Waals surface area contributed by atoms with Crippen molar-refractivity contribution in [1.82, 2.24) is 0 Å². The van der Waals surface area contributed by atoms with Gasteiger partial charge in [-0.05, 0) is 103 Å². The average molecular weight is 780 g/mol. The van der Waals surface area contributed by atoms with E-state index in [-0.39, 0.29) is 5.41 Å².